The van der Waals surface area contributed by atoms with Crippen molar-refractivity contribution in [3.8, 4) is 5.75 Å². The fraction of sp³-hybridized carbons (Fsp3) is 0.290. The third-order valence-corrected chi connectivity index (χ3v) is 8.47. The molecule has 45 heavy (non-hydrogen) atoms. The van der Waals surface area contributed by atoms with Gasteiger partial charge in [0.05, 0.1) is 20.8 Å². The zero-order chi connectivity index (χ0) is 33.1. The number of aryl methyl sites for hydroxylation is 1. The van der Waals surface area contributed by atoms with Gasteiger partial charge in [0, 0.05) is 23.4 Å². The van der Waals surface area contributed by atoms with Crippen LogP contribution in [0.25, 0.3) is 10.2 Å². The number of alkyl halides is 5. The van der Waals surface area contributed by atoms with E-state index in [0.717, 1.165) is 25.2 Å². The van der Waals surface area contributed by atoms with Gasteiger partial charge in [0.2, 0.25) is 0 Å². The lowest BCUT2D eigenvalue weighted by molar-refractivity contribution is -0.210. The van der Waals surface area contributed by atoms with Crippen molar-refractivity contribution < 1.29 is 41.1 Å². The van der Waals surface area contributed by atoms with Gasteiger partial charge in [-0.05, 0) is 73.9 Å². The average Bonchev–Trinajstić information content (AvgIpc) is 3.36. The van der Waals surface area contributed by atoms with Crippen LogP contribution < -0.4 is 10.1 Å². The molecule has 0 saturated carbocycles. The number of ether oxygens (including phenoxy) is 1. The van der Waals surface area contributed by atoms with E-state index in [2.05, 4.69) is 10.3 Å². The number of halogens is 7. The van der Waals surface area contributed by atoms with Gasteiger partial charge in [0.15, 0.2) is 10.9 Å². The molecule has 6 nitrogen and oxygen atoms in total. The molecule has 0 unspecified atom stereocenters. The molecule has 238 valence electrons. The normalized spacial score (nSPS) is 12.0. The summed E-state index contributed by atoms with van der Waals surface area (Å²) in [5.41, 5.74) is -1.23. The molecule has 0 atom stereocenters. The Morgan fingerprint density at radius 3 is 2.33 bits per heavy atom. The molecule has 3 aromatic carbocycles. The Kier molecular flexibility index (Phi) is 10.5. The highest BCUT2D eigenvalue weighted by molar-refractivity contribution is 7.22. The van der Waals surface area contributed by atoms with Gasteiger partial charge in [-0.15, -0.1) is 0 Å². The summed E-state index contributed by atoms with van der Waals surface area (Å²) in [5.74, 6) is -2.34. The van der Waals surface area contributed by atoms with Crippen LogP contribution in [0.4, 0.5) is 27.1 Å². The summed E-state index contributed by atoms with van der Waals surface area (Å²) in [5, 5.41) is 3.40. The molecule has 0 spiro atoms. The van der Waals surface area contributed by atoms with Gasteiger partial charge >= 0.3 is 6.18 Å². The van der Waals surface area contributed by atoms with Crippen LogP contribution in [0.5, 0.6) is 5.75 Å². The second-order valence-electron chi connectivity index (χ2n) is 10.6. The number of hydrogen-bond acceptors (Lipinski definition) is 6. The number of benzene rings is 3. The van der Waals surface area contributed by atoms with Gasteiger partial charge in [-0.2, -0.15) is 13.2 Å². The molecule has 0 fully saturated rings. The van der Waals surface area contributed by atoms with E-state index >= 15 is 0 Å². The van der Waals surface area contributed by atoms with E-state index in [1.54, 1.807) is 18.2 Å². The van der Waals surface area contributed by atoms with Crippen LogP contribution in [-0.4, -0.2) is 41.7 Å². The van der Waals surface area contributed by atoms with Crippen LogP contribution in [0, 0.1) is 5.41 Å². The van der Waals surface area contributed by atoms with Crippen LogP contribution in [0.1, 0.15) is 52.1 Å². The largest absolute Gasteiger partial charge is 0.487 e. The van der Waals surface area contributed by atoms with E-state index in [0.29, 0.717) is 26.4 Å². The summed E-state index contributed by atoms with van der Waals surface area (Å²) < 4.78 is 71.4. The monoisotopic (exact) mass is 686 g/mol. The van der Waals surface area contributed by atoms with Gasteiger partial charge in [-0.25, -0.2) is 13.8 Å². The minimum Gasteiger partial charge on any atom is -0.487 e. The summed E-state index contributed by atoms with van der Waals surface area (Å²) in [7, 11) is 0. The number of hydrogen-bond donors (Lipinski definition) is 1. The van der Waals surface area contributed by atoms with Crippen molar-refractivity contribution in [1.82, 2.24) is 4.98 Å². The van der Waals surface area contributed by atoms with Crippen LogP contribution >= 0.6 is 34.5 Å². The van der Waals surface area contributed by atoms with E-state index in [-0.39, 0.29) is 39.9 Å². The predicted octanol–water partition coefficient (Wildman–Crippen LogP) is 9.01. The number of anilines is 1. The molecule has 0 bridgehead atoms. The molecule has 0 radical (unpaired) electrons. The van der Waals surface area contributed by atoms with Crippen molar-refractivity contribution >= 4 is 67.4 Å². The maximum absolute atomic E-state index is 13.3. The molecule has 0 aliphatic rings. The number of carbonyl (C=O) groups excluding carboxylic acids is 3. The first-order valence-electron chi connectivity index (χ1n) is 13.4. The SMILES string of the molecule is CC(C)(C(=O)CCc1ccc(Cl)c(C(=O)Cc2ccc(OCC(F)F)c(C(=O)Nc3nc4ccc(Cl)cc4s3)c2)c1)C(F)(F)F. The van der Waals surface area contributed by atoms with E-state index in [1.165, 1.54) is 36.4 Å². The molecular weight excluding hydrogens is 662 g/mol. The molecule has 0 aliphatic carbocycles. The Labute approximate surface area is 268 Å². The molecule has 4 rings (SSSR count). The third-order valence-electron chi connectivity index (χ3n) is 6.97. The summed E-state index contributed by atoms with van der Waals surface area (Å²) in [4.78, 5) is 43.1. The number of rotatable bonds is 12. The quantitative estimate of drug-likeness (QED) is 0.119. The molecule has 4 aromatic rings. The summed E-state index contributed by atoms with van der Waals surface area (Å²) >= 11 is 13.4. The standard InChI is InChI=1S/C31H25Cl2F5N2O4S/c1-30(2,31(36,37)38)26(42)10-5-16-3-7-21(33)19(11-16)23(41)13-17-4-9-24(44-15-27(34)35)20(12-17)28(43)40-29-39-22-8-6-18(32)14-25(22)45-29/h3-4,6-9,11-12,14,27H,5,10,13,15H2,1-2H3,(H,39,40,43). The average molecular weight is 688 g/mol. The van der Waals surface area contributed by atoms with Crippen LogP contribution in [0.2, 0.25) is 10.0 Å². The van der Waals surface area contributed by atoms with E-state index in [4.69, 9.17) is 27.9 Å². The summed E-state index contributed by atoms with van der Waals surface area (Å²) in [6, 6.07) is 13.4. The molecule has 1 amide bonds. The molecule has 0 aliphatic heterocycles. The second-order valence-corrected chi connectivity index (χ2v) is 12.5. The van der Waals surface area contributed by atoms with Crippen LogP contribution in [0.15, 0.2) is 54.6 Å². The molecular formula is C31H25Cl2F5N2O4S. The molecule has 0 saturated heterocycles. The van der Waals surface area contributed by atoms with Gasteiger partial charge < -0.3 is 4.74 Å². The number of ketones is 2. The lowest BCUT2D eigenvalue weighted by Crippen LogP contribution is -2.39. The maximum Gasteiger partial charge on any atom is 0.400 e. The maximum atomic E-state index is 13.3. The topological polar surface area (TPSA) is 85.4 Å². The van der Waals surface area contributed by atoms with E-state index in [9.17, 15) is 36.3 Å². The Morgan fingerprint density at radius 2 is 1.64 bits per heavy atom. The number of Topliss-reactive ketones (excluding diaryl/α,β-unsaturated/α-hetero) is 2. The fourth-order valence-corrected chi connectivity index (χ4v) is 5.57. The number of carbonyl (C=O) groups is 3. The predicted molar refractivity (Wildman–Crippen MR) is 163 cm³/mol. The molecule has 1 heterocycles. The molecule has 1 aromatic heterocycles. The molecule has 14 heteroatoms. The summed E-state index contributed by atoms with van der Waals surface area (Å²) in [6.07, 6.45) is -8.22. The van der Waals surface area contributed by atoms with Crippen LogP contribution in [-0.2, 0) is 17.6 Å². The lowest BCUT2D eigenvalue weighted by Gasteiger charge is -2.26. The highest BCUT2D eigenvalue weighted by Gasteiger charge is 2.51. The van der Waals surface area contributed by atoms with Gasteiger partial charge in [0.25, 0.3) is 12.3 Å². The Balaban J connectivity index is 1.54. The number of nitrogens with one attached hydrogen (secondary N) is 1. The van der Waals surface area contributed by atoms with Gasteiger partial charge in [0.1, 0.15) is 23.6 Å². The minimum atomic E-state index is -4.70. The van der Waals surface area contributed by atoms with Crippen molar-refractivity contribution in [3.05, 3.63) is 86.9 Å². The third kappa shape index (κ3) is 8.36. The van der Waals surface area contributed by atoms with Crippen molar-refractivity contribution in [1.29, 1.82) is 0 Å². The van der Waals surface area contributed by atoms with Crippen LogP contribution in [0.3, 0.4) is 0 Å². The Hall–Kier alpha value is -3.61. The number of nitrogens with zero attached hydrogens (tertiary/aromatic N) is 1. The van der Waals surface area contributed by atoms with Gasteiger partial charge in [-0.3, -0.25) is 19.7 Å². The zero-order valence-electron chi connectivity index (χ0n) is 23.7. The Morgan fingerprint density at radius 1 is 0.956 bits per heavy atom. The highest BCUT2D eigenvalue weighted by atomic mass is 35.5. The van der Waals surface area contributed by atoms with E-state index < -0.39 is 48.5 Å². The minimum absolute atomic E-state index is 0.0474. The summed E-state index contributed by atoms with van der Waals surface area (Å²) in [6.45, 7) is 0.669. The zero-order valence-corrected chi connectivity index (χ0v) is 26.1. The van der Waals surface area contributed by atoms with Crippen molar-refractivity contribution in [3.63, 3.8) is 0 Å². The van der Waals surface area contributed by atoms with Crippen molar-refractivity contribution in [2.24, 2.45) is 5.41 Å². The first kappa shape index (κ1) is 34.3. The number of amides is 1. The Bertz CT molecular complexity index is 1760. The smallest absolute Gasteiger partial charge is 0.400 e. The number of fused-ring (bicyclic) bond motifs is 1. The highest BCUT2D eigenvalue weighted by Crippen LogP contribution is 2.39. The van der Waals surface area contributed by atoms with Crippen molar-refractivity contribution in [2.45, 2.75) is 45.7 Å². The number of thiazole rings is 1. The van der Waals surface area contributed by atoms with Crippen molar-refractivity contribution in [2.75, 3.05) is 11.9 Å². The first-order valence-corrected chi connectivity index (χ1v) is 15.0. The molecule has 1 N–H and O–H groups in total. The first-order chi connectivity index (χ1) is 21.0. The van der Waals surface area contributed by atoms with E-state index in [1.807, 2.05) is 0 Å². The fourth-order valence-electron chi connectivity index (χ4n) is 4.21. The van der Waals surface area contributed by atoms with Gasteiger partial charge in [-0.1, -0.05) is 46.7 Å². The number of aromatic nitrogens is 1. The lowest BCUT2D eigenvalue weighted by atomic mass is 9.84. The second kappa shape index (κ2) is 13.8.